The first-order valence-corrected chi connectivity index (χ1v) is 8.17. The van der Waals surface area contributed by atoms with E-state index in [0.717, 1.165) is 11.3 Å². The van der Waals surface area contributed by atoms with Crippen LogP contribution in [0.5, 0.6) is 0 Å². The Morgan fingerprint density at radius 3 is 2.91 bits per heavy atom. The average Bonchev–Trinajstić information content (AvgIpc) is 2.98. The van der Waals surface area contributed by atoms with Gasteiger partial charge < -0.3 is 10.0 Å². The number of benzene rings is 1. The summed E-state index contributed by atoms with van der Waals surface area (Å²) in [5.74, 6) is -0.0185. The maximum absolute atomic E-state index is 12.8. The van der Waals surface area contributed by atoms with E-state index in [4.69, 9.17) is 11.6 Å². The van der Waals surface area contributed by atoms with Crippen LogP contribution in [0.25, 0.3) is 0 Å². The molecule has 0 radical (unpaired) electrons. The molecule has 122 valence electrons. The standard InChI is InChI=1S/C17H20ClN3O2/c1-3-16(22)15-9-13-10-20(6-7-21(13)19-15)17(23)14-8-12(18)5-4-11(14)2/h4-5,8-9,16,22H,3,6-7,10H2,1-2H3/t16-/m1/s1. The molecule has 23 heavy (non-hydrogen) atoms. The van der Waals surface area contributed by atoms with Crippen LogP contribution in [-0.2, 0) is 13.1 Å². The third-order valence-electron chi connectivity index (χ3n) is 4.26. The lowest BCUT2D eigenvalue weighted by Crippen LogP contribution is -2.38. The van der Waals surface area contributed by atoms with Crippen molar-refractivity contribution in [2.45, 2.75) is 39.5 Å². The first kappa shape index (κ1) is 16.0. The fourth-order valence-corrected chi connectivity index (χ4v) is 3.00. The first-order chi connectivity index (χ1) is 11.0. The Kier molecular flexibility index (Phi) is 4.41. The van der Waals surface area contributed by atoms with Gasteiger partial charge in [0.15, 0.2) is 0 Å². The third-order valence-corrected chi connectivity index (χ3v) is 4.50. The van der Waals surface area contributed by atoms with Crippen molar-refractivity contribution in [2.24, 2.45) is 0 Å². The summed E-state index contributed by atoms with van der Waals surface area (Å²) in [6, 6.07) is 7.26. The number of carbonyl (C=O) groups excluding carboxylic acids is 1. The van der Waals surface area contributed by atoms with Crippen LogP contribution in [0.2, 0.25) is 5.02 Å². The molecular formula is C17H20ClN3O2. The summed E-state index contributed by atoms with van der Waals surface area (Å²) in [6.07, 6.45) is 0.0771. The molecule has 2 heterocycles. The lowest BCUT2D eigenvalue weighted by Gasteiger charge is -2.28. The predicted octanol–water partition coefficient (Wildman–Crippen LogP) is 2.94. The van der Waals surface area contributed by atoms with Crippen molar-refractivity contribution in [3.8, 4) is 0 Å². The highest BCUT2D eigenvalue weighted by Crippen LogP contribution is 2.23. The number of aryl methyl sites for hydroxylation is 1. The van der Waals surface area contributed by atoms with Gasteiger partial charge in [0.1, 0.15) is 0 Å². The van der Waals surface area contributed by atoms with Gasteiger partial charge >= 0.3 is 0 Å². The zero-order valence-electron chi connectivity index (χ0n) is 13.3. The first-order valence-electron chi connectivity index (χ1n) is 7.79. The van der Waals surface area contributed by atoms with Gasteiger partial charge in [-0.15, -0.1) is 0 Å². The van der Waals surface area contributed by atoms with E-state index < -0.39 is 6.10 Å². The molecule has 0 fully saturated rings. The molecule has 1 N–H and O–H groups in total. The Bertz CT molecular complexity index is 741. The van der Waals surface area contributed by atoms with E-state index >= 15 is 0 Å². The van der Waals surface area contributed by atoms with Crippen LogP contribution < -0.4 is 0 Å². The number of hydrogen-bond acceptors (Lipinski definition) is 3. The Morgan fingerprint density at radius 2 is 2.17 bits per heavy atom. The summed E-state index contributed by atoms with van der Waals surface area (Å²) in [4.78, 5) is 14.6. The molecule has 3 rings (SSSR count). The fourth-order valence-electron chi connectivity index (χ4n) is 2.83. The number of hydrogen-bond donors (Lipinski definition) is 1. The number of nitrogens with zero attached hydrogens (tertiary/aromatic N) is 3. The van der Waals surface area contributed by atoms with Crippen molar-refractivity contribution in [3.05, 3.63) is 51.8 Å². The highest BCUT2D eigenvalue weighted by Gasteiger charge is 2.25. The third kappa shape index (κ3) is 3.12. The van der Waals surface area contributed by atoms with Crippen LogP contribution in [0.4, 0.5) is 0 Å². The summed E-state index contributed by atoms with van der Waals surface area (Å²) in [6.45, 7) is 5.56. The van der Waals surface area contributed by atoms with Gasteiger partial charge in [-0.1, -0.05) is 24.6 Å². The molecule has 0 aliphatic carbocycles. The number of rotatable bonds is 3. The molecule has 0 unspecified atom stereocenters. The molecule has 6 heteroatoms. The molecule has 1 aliphatic heterocycles. The molecule has 0 saturated carbocycles. The van der Waals surface area contributed by atoms with Crippen LogP contribution in [0, 0.1) is 6.92 Å². The minimum absolute atomic E-state index is 0.0185. The van der Waals surface area contributed by atoms with Crippen LogP contribution in [0.1, 0.15) is 46.8 Å². The number of amides is 1. The van der Waals surface area contributed by atoms with Gasteiger partial charge in [0.2, 0.25) is 0 Å². The molecular weight excluding hydrogens is 314 g/mol. The zero-order chi connectivity index (χ0) is 16.6. The lowest BCUT2D eigenvalue weighted by molar-refractivity contribution is 0.0705. The summed E-state index contributed by atoms with van der Waals surface area (Å²) in [7, 11) is 0. The number of aliphatic hydroxyl groups is 1. The van der Waals surface area contributed by atoms with Gasteiger partial charge in [0, 0.05) is 17.1 Å². The number of aromatic nitrogens is 2. The molecule has 5 nitrogen and oxygen atoms in total. The molecule has 1 aliphatic rings. The van der Waals surface area contributed by atoms with E-state index in [2.05, 4.69) is 5.10 Å². The van der Waals surface area contributed by atoms with Gasteiger partial charge in [-0.05, 0) is 37.1 Å². The van der Waals surface area contributed by atoms with Crippen LogP contribution in [-0.4, -0.2) is 32.2 Å². The maximum Gasteiger partial charge on any atom is 0.254 e. The molecule has 1 aromatic carbocycles. The highest BCUT2D eigenvalue weighted by atomic mass is 35.5. The minimum atomic E-state index is -0.549. The van der Waals surface area contributed by atoms with Crippen molar-refractivity contribution in [1.29, 1.82) is 0 Å². The Labute approximate surface area is 140 Å². The van der Waals surface area contributed by atoms with Gasteiger partial charge in [-0.2, -0.15) is 5.10 Å². The van der Waals surface area contributed by atoms with Gasteiger partial charge in [-0.3, -0.25) is 9.48 Å². The van der Waals surface area contributed by atoms with Gasteiger partial charge in [-0.25, -0.2) is 0 Å². The SMILES string of the molecule is CC[C@@H](O)c1cc2n(n1)CCN(C(=O)c1cc(Cl)ccc1C)C2. The zero-order valence-corrected chi connectivity index (χ0v) is 14.0. The molecule has 1 atom stereocenters. The lowest BCUT2D eigenvalue weighted by atomic mass is 10.1. The second-order valence-electron chi connectivity index (χ2n) is 5.89. The summed E-state index contributed by atoms with van der Waals surface area (Å²) < 4.78 is 1.88. The highest BCUT2D eigenvalue weighted by molar-refractivity contribution is 6.31. The normalized spacial score (nSPS) is 15.4. The summed E-state index contributed by atoms with van der Waals surface area (Å²) in [5, 5.41) is 14.9. The van der Waals surface area contributed by atoms with Crippen molar-refractivity contribution in [2.75, 3.05) is 6.54 Å². The topological polar surface area (TPSA) is 58.4 Å². The number of aliphatic hydroxyl groups excluding tert-OH is 1. The molecule has 0 bridgehead atoms. The number of halogens is 1. The van der Waals surface area contributed by atoms with Crippen molar-refractivity contribution < 1.29 is 9.90 Å². The Hall–Kier alpha value is -1.85. The van der Waals surface area contributed by atoms with E-state index in [1.807, 2.05) is 30.7 Å². The molecule has 1 amide bonds. The summed E-state index contributed by atoms with van der Waals surface area (Å²) in [5.41, 5.74) is 3.18. The van der Waals surface area contributed by atoms with Crippen molar-refractivity contribution >= 4 is 17.5 Å². The van der Waals surface area contributed by atoms with E-state index in [1.54, 1.807) is 17.0 Å². The van der Waals surface area contributed by atoms with Crippen molar-refractivity contribution in [3.63, 3.8) is 0 Å². The van der Waals surface area contributed by atoms with Gasteiger partial charge in [0.25, 0.3) is 5.91 Å². The quantitative estimate of drug-likeness (QED) is 0.939. The van der Waals surface area contributed by atoms with E-state index in [0.29, 0.717) is 42.3 Å². The number of fused-ring (bicyclic) bond motifs is 1. The Morgan fingerprint density at radius 1 is 1.39 bits per heavy atom. The van der Waals surface area contributed by atoms with Crippen LogP contribution in [0.3, 0.4) is 0 Å². The van der Waals surface area contributed by atoms with E-state index in [1.165, 1.54) is 0 Å². The monoisotopic (exact) mass is 333 g/mol. The average molecular weight is 334 g/mol. The number of carbonyl (C=O) groups is 1. The predicted molar refractivity (Wildman–Crippen MR) is 88.4 cm³/mol. The fraction of sp³-hybridized carbons (Fsp3) is 0.412. The largest absolute Gasteiger partial charge is 0.387 e. The second-order valence-corrected chi connectivity index (χ2v) is 6.33. The van der Waals surface area contributed by atoms with Gasteiger partial charge in [0.05, 0.1) is 30.6 Å². The molecule has 1 aromatic heterocycles. The van der Waals surface area contributed by atoms with Crippen molar-refractivity contribution in [1.82, 2.24) is 14.7 Å². The van der Waals surface area contributed by atoms with Crippen LogP contribution >= 0.6 is 11.6 Å². The molecule has 0 saturated heterocycles. The Balaban J connectivity index is 1.82. The van der Waals surface area contributed by atoms with Crippen LogP contribution in [0.15, 0.2) is 24.3 Å². The minimum Gasteiger partial charge on any atom is -0.387 e. The maximum atomic E-state index is 12.8. The second kappa shape index (κ2) is 6.34. The molecule has 0 spiro atoms. The summed E-state index contributed by atoms with van der Waals surface area (Å²) >= 11 is 6.02. The van der Waals surface area contributed by atoms with E-state index in [9.17, 15) is 9.90 Å². The smallest absolute Gasteiger partial charge is 0.254 e. The molecule has 2 aromatic rings. The van der Waals surface area contributed by atoms with E-state index in [-0.39, 0.29) is 5.91 Å².